The molecule has 0 spiro atoms. The van der Waals surface area contributed by atoms with Gasteiger partial charge in [-0.05, 0) is 22.3 Å². The van der Waals surface area contributed by atoms with Gasteiger partial charge in [0, 0.05) is 12.8 Å². The third-order valence-electron chi connectivity index (χ3n) is 6.50. The van der Waals surface area contributed by atoms with E-state index in [2.05, 4.69) is 58.3 Å². The van der Waals surface area contributed by atoms with Crippen molar-refractivity contribution in [3.05, 3.63) is 82.6 Å². The molecule has 0 radical (unpaired) electrons. The van der Waals surface area contributed by atoms with E-state index in [1.165, 1.54) is 22.3 Å². The first-order valence-electron chi connectivity index (χ1n) is 9.15. The summed E-state index contributed by atoms with van der Waals surface area (Å²) in [6.07, 6.45) is 2.48. The van der Waals surface area contributed by atoms with E-state index in [-0.39, 0.29) is 12.2 Å². The third kappa shape index (κ3) is 1.41. The Labute approximate surface area is 146 Å². The van der Waals surface area contributed by atoms with Gasteiger partial charge in [0.25, 0.3) is 11.8 Å². The van der Waals surface area contributed by atoms with Crippen molar-refractivity contribution in [2.24, 2.45) is 0 Å². The molecule has 3 aliphatic heterocycles. The Hall–Kier alpha value is -2.62. The third-order valence-corrected chi connectivity index (χ3v) is 6.50. The lowest BCUT2D eigenvalue weighted by atomic mass is 10.1. The van der Waals surface area contributed by atoms with Crippen LogP contribution in [-0.2, 0) is 22.3 Å². The largest absolute Gasteiger partial charge is 0.469 e. The number of hydrogen-bond donors (Lipinski definition) is 0. The highest BCUT2D eigenvalue weighted by molar-refractivity contribution is 5.43. The summed E-state index contributed by atoms with van der Waals surface area (Å²) in [5, 5.41) is 0. The van der Waals surface area contributed by atoms with Crippen LogP contribution in [0.3, 0.4) is 0 Å². The van der Waals surface area contributed by atoms with Gasteiger partial charge in [0.05, 0.1) is 18.8 Å². The number of ether oxygens (including phenoxy) is 2. The second-order valence-corrected chi connectivity index (χ2v) is 7.70. The minimum atomic E-state index is 0.235. The molecule has 3 heterocycles. The Balaban J connectivity index is 1.31. The van der Waals surface area contributed by atoms with E-state index in [0.29, 0.717) is 12.1 Å². The van der Waals surface area contributed by atoms with Crippen LogP contribution in [0.15, 0.2) is 60.3 Å². The van der Waals surface area contributed by atoms with E-state index in [1.807, 2.05) is 0 Å². The molecule has 2 aromatic carbocycles. The predicted octanol–water partition coefficient (Wildman–Crippen LogP) is 3.08. The van der Waals surface area contributed by atoms with Crippen molar-refractivity contribution in [2.45, 2.75) is 37.1 Å². The summed E-state index contributed by atoms with van der Waals surface area (Å²) in [4.78, 5) is 4.84. The normalized spacial score (nSPS) is 32.6. The van der Waals surface area contributed by atoms with E-state index in [9.17, 15) is 0 Å². The molecule has 7 rings (SSSR count). The van der Waals surface area contributed by atoms with Crippen molar-refractivity contribution in [2.75, 3.05) is 6.67 Å². The van der Waals surface area contributed by atoms with Gasteiger partial charge < -0.3 is 19.3 Å². The minimum absolute atomic E-state index is 0.235. The van der Waals surface area contributed by atoms with E-state index in [4.69, 9.17) is 9.47 Å². The highest BCUT2D eigenvalue weighted by Gasteiger charge is 2.57. The molecular weight excluding hydrogens is 312 g/mol. The zero-order valence-corrected chi connectivity index (χ0v) is 13.8. The molecule has 0 N–H and O–H groups in total. The van der Waals surface area contributed by atoms with Crippen LogP contribution in [-0.4, -0.2) is 28.7 Å². The van der Waals surface area contributed by atoms with Crippen LogP contribution in [0, 0.1) is 0 Å². The molecule has 0 saturated carbocycles. The van der Waals surface area contributed by atoms with E-state index in [0.717, 1.165) is 31.3 Å². The first-order valence-corrected chi connectivity index (χ1v) is 9.15. The highest BCUT2D eigenvalue weighted by Crippen LogP contribution is 2.55. The zero-order valence-electron chi connectivity index (χ0n) is 13.8. The standard InChI is InChI=1S/C21H18N2O2/c1-3-7-14-12(5-1)9-16-18(14)22-11-23-19-15-8-4-2-6-13(15)10-17(19)25-21(23)20(22)24-16/h1-8,16-19H,9-11H2/t16-,17?,18+,19+/m1/s1. The van der Waals surface area contributed by atoms with Crippen molar-refractivity contribution in [1.82, 2.24) is 9.80 Å². The summed E-state index contributed by atoms with van der Waals surface area (Å²) in [5.41, 5.74) is 5.71. The van der Waals surface area contributed by atoms with Gasteiger partial charge in [0.15, 0.2) is 0 Å². The Morgan fingerprint density at radius 2 is 1.16 bits per heavy atom. The molecule has 0 amide bonds. The molecular formula is C21H18N2O2. The van der Waals surface area contributed by atoms with Crippen LogP contribution in [0.25, 0.3) is 0 Å². The van der Waals surface area contributed by atoms with Gasteiger partial charge in [-0.25, -0.2) is 0 Å². The number of fused-ring (bicyclic) bond motifs is 10. The lowest BCUT2D eigenvalue weighted by Gasteiger charge is -2.26. The number of hydrogen-bond acceptors (Lipinski definition) is 4. The molecule has 2 fully saturated rings. The molecule has 25 heavy (non-hydrogen) atoms. The van der Waals surface area contributed by atoms with Crippen molar-refractivity contribution in [3.8, 4) is 0 Å². The van der Waals surface area contributed by atoms with Crippen molar-refractivity contribution in [1.29, 1.82) is 0 Å². The first kappa shape index (κ1) is 12.7. The Morgan fingerprint density at radius 1 is 0.680 bits per heavy atom. The predicted molar refractivity (Wildman–Crippen MR) is 91.1 cm³/mol. The summed E-state index contributed by atoms with van der Waals surface area (Å²) in [7, 11) is 0. The molecule has 2 aliphatic carbocycles. The molecule has 2 aromatic rings. The summed E-state index contributed by atoms with van der Waals surface area (Å²) in [6, 6.07) is 18.2. The molecule has 1 unspecified atom stereocenters. The summed E-state index contributed by atoms with van der Waals surface area (Å²) in [5.74, 6) is 1.94. The lowest BCUT2D eigenvalue weighted by Crippen LogP contribution is -2.32. The molecule has 4 atom stereocenters. The first-order chi connectivity index (χ1) is 12.4. The van der Waals surface area contributed by atoms with Crippen molar-refractivity contribution < 1.29 is 9.47 Å². The zero-order chi connectivity index (χ0) is 16.1. The van der Waals surface area contributed by atoms with E-state index >= 15 is 0 Å². The molecule has 4 nitrogen and oxygen atoms in total. The van der Waals surface area contributed by atoms with Crippen LogP contribution in [0.5, 0.6) is 0 Å². The van der Waals surface area contributed by atoms with Gasteiger partial charge in [-0.2, -0.15) is 0 Å². The topological polar surface area (TPSA) is 24.9 Å². The number of benzene rings is 2. The Bertz CT molecular complexity index is 877. The molecule has 5 aliphatic rings. The molecule has 2 saturated heterocycles. The van der Waals surface area contributed by atoms with Crippen molar-refractivity contribution in [3.63, 3.8) is 0 Å². The molecule has 0 bridgehead atoms. The van der Waals surface area contributed by atoms with Crippen molar-refractivity contribution >= 4 is 0 Å². The van der Waals surface area contributed by atoms with Gasteiger partial charge in [-0.1, -0.05) is 48.5 Å². The average molecular weight is 330 g/mol. The summed E-state index contributed by atoms with van der Waals surface area (Å²) < 4.78 is 12.8. The van der Waals surface area contributed by atoms with Crippen LogP contribution in [0.2, 0.25) is 0 Å². The van der Waals surface area contributed by atoms with Crippen LogP contribution < -0.4 is 0 Å². The summed E-state index contributed by atoms with van der Waals surface area (Å²) in [6.45, 7) is 0.871. The fourth-order valence-electron chi connectivity index (χ4n) is 5.51. The fraction of sp³-hybridized carbons (Fsp3) is 0.333. The van der Waals surface area contributed by atoms with Gasteiger partial charge in [0.2, 0.25) is 0 Å². The quantitative estimate of drug-likeness (QED) is 0.741. The second kappa shape index (κ2) is 4.13. The minimum Gasteiger partial charge on any atom is -0.469 e. The maximum atomic E-state index is 6.40. The van der Waals surface area contributed by atoms with Gasteiger partial charge in [0.1, 0.15) is 12.2 Å². The maximum Gasteiger partial charge on any atom is 0.254 e. The molecule has 124 valence electrons. The average Bonchev–Trinajstić information content (AvgIpc) is 3.36. The molecule has 4 heteroatoms. The van der Waals surface area contributed by atoms with Gasteiger partial charge in [-0.3, -0.25) is 0 Å². The Kier molecular flexibility index (Phi) is 2.10. The summed E-state index contributed by atoms with van der Waals surface area (Å²) >= 11 is 0. The van der Waals surface area contributed by atoms with Crippen LogP contribution in [0.4, 0.5) is 0 Å². The maximum absolute atomic E-state index is 6.40. The van der Waals surface area contributed by atoms with Crippen LogP contribution in [0.1, 0.15) is 34.3 Å². The van der Waals surface area contributed by atoms with Crippen LogP contribution >= 0.6 is 0 Å². The second-order valence-electron chi connectivity index (χ2n) is 7.70. The Morgan fingerprint density at radius 3 is 1.68 bits per heavy atom. The highest BCUT2D eigenvalue weighted by atomic mass is 16.6. The van der Waals surface area contributed by atoms with Gasteiger partial charge >= 0.3 is 0 Å². The van der Waals surface area contributed by atoms with Gasteiger partial charge in [-0.15, -0.1) is 0 Å². The SMILES string of the molecule is c1ccc2c(c1)CC1OC3=C4O[C@@H]5Cc6ccccc6[C@@H]5N4CN3[C@@H]21. The number of rotatable bonds is 0. The number of nitrogens with zero attached hydrogens (tertiary/aromatic N) is 2. The monoisotopic (exact) mass is 330 g/mol. The molecule has 0 aromatic heterocycles. The lowest BCUT2D eigenvalue weighted by molar-refractivity contribution is 0.112. The smallest absolute Gasteiger partial charge is 0.254 e. The van der Waals surface area contributed by atoms with E-state index < -0.39 is 0 Å². The van der Waals surface area contributed by atoms with E-state index in [1.54, 1.807) is 0 Å². The fourth-order valence-corrected chi connectivity index (χ4v) is 5.51.